The molecule has 1 aromatic rings. The van der Waals surface area contributed by atoms with E-state index in [9.17, 15) is 9.90 Å². The summed E-state index contributed by atoms with van der Waals surface area (Å²) in [6.07, 6.45) is 10.8. The molecule has 0 radical (unpaired) electrons. The Labute approximate surface area is 276 Å². The Kier molecular flexibility index (Phi) is 11.5. The van der Waals surface area contributed by atoms with Gasteiger partial charge in [0.1, 0.15) is 16.7 Å². The zero-order valence-electron chi connectivity index (χ0n) is 29.8. The van der Waals surface area contributed by atoms with Crippen LogP contribution in [0, 0.1) is 22.2 Å². The second kappa shape index (κ2) is 14.4. The summed E-state index contributed by atoms with van der Waals surface area (Å²) in [6, 6.07) is 4.80. The first kappa shape index (κ1) is 36.8. The molecule has 2 aliphatic rings. The normalized spacial score (nSPS) is 26.6. The first-order valence-corrected chi connectivity index (χ1v) is 16.4. The highest BCUT2D eigenvalue weighted by Gasteiger charge is 2.74. The van der Waals surface area contributed by atoms with E-state index in [1.807, 2.05) is 67.5 Å². The minimum atomic E-state index is -1.55. The van der Waals surface area contributed by atoms with Crippen molar-refractivity contribution in [2.75, 3.05) is 14.2 Å². The fraction of sp³-hybridized carbons (Fsp3) is 0.525. The number of ketones is 3. The summed E-state index contributed by atoms with van der Waals surface area (Å²) in [5, 5.41) is 11.9. The molecule has 0 aromatic heterocycles. The summed E-state index contributed by atoms with van der Waals surface area (Å²) in [7, 11) is 3.00. The van der Waals surface area contributed by atoms with E-state index in [1.165, 1.54) is 19.8 Å². The predicted octanol–water partition coefficient (Wildman–Crippen LogP) is 9.51. The Bertz CT molecular complexity index is 1520. The summed E-state index contributed by atoms with van der Waals surface area (Å²) >= 11 is 0. The van der Waals surface area contributed by atoms with Gasteiger partial charge in [-0.15, -0.1) is 0 Å². The molecule has 1 N–H and O–H groups in total. The number of rotatable bonds is 12. The average molecular weight is 631 g/mol. The van der Waals surface area contributed by atoms with Crippen LogP contribution in [0.2, 0.25) is 0 Å². The van der Waals surface area contributed by atoms with Crippen LogP contribution in [-0.4, -0.2) is 36.7 Å². The molecular weight excluding hydrogens is 576 g/mol. The quantitative estimate of drug-likeness (QED) is 0.0813. The van der Waals surface area contributed by atoms with Crippen molar-refractivity contribution in [1.29, 1.82) is 0 Å². The maximum absolute atomic E-state index is 15.3. The molecule has 6 nitrogen and oxygen atoms in total. The summed E-state index contributed by atoms with van der Waals surface area (Å²) in [4.78, 5) is 45.5. The van der Waals surface area contributed by atoms with Crippen LogP contribution in [0.4, 0.5) is 0 Å². The molecule has 1 aromatic carbocycles. The highest BCUT2D eigenvalue weighted by Crippen LogP contribution is 2.67. The van der Waals surface area contributed by atoms with Crippen LogP contribution in [-0.2, 0) is 14.4 Å². The largest absolute Gasteiger partial charge is 0.506 e. The average Bonchev–Trinajstić information content (AvgIpc) is 2.99. The standard InChI is InChI=1S/C40H54O6/c1-25(2)13-12-20-38(9)30(16-14-26(3)4)24-39(21-18-27(5)6)35(42)33(36(43)40(38,37(39)44)22-19-28(7)8)34(41)29-15-17-31(45-10)32(23-29)46-11/h13-15,17-19,23,30,41H,12,16,20-22,24H2,1-11H3/t30-,38+,39-,40+/m0/s1. The number of hydrogen-bond donors (Lipinski definition) is 1. The minimum absolute atomic E-state index is 0.125. The van der Waals surface area contributed by atoms with Gasteiger partial charge in [-0.2, -0.15) is 0 Å². The lowest BCUT2D eigenvalue weighted by Gasteiger charge is -2.61. The molecule has 2 bridgehead atoms. The number of Topliss-reactive ketones (excluding diaryl/α,β-unsaturated/α-hetero) is 3. The third-order valence-electron chi connectivity index (χ3n) is 10.2. The number of aliphatic hydroxyl groups is 1. The van der Waals surface area contributed by atoms with E-state index < -0.39 is 33.6 Å². The van der Waals surface area contributed by atoms with Crippen molar-refractivity contribution in [1.82, 2.24) is 0 Å². The van der Waals surface area contributed by atoms with E-state index >= 15 is 9.59 Å². The number of carbonyl (C=O) groups excluding carboxylic acids is 3. The molecule has 2 aliphatic carbocycles. The summed E-state index contributed by atoms with van der Waals surface area (Å²) < 4.78 is 10.9. The molecule has 2 saturated carbocycles. The fourth-order valence-electron chi connectivity index (χ4n) is 7.43. The van der Waals surface area contributed by atoms with Gasteiger partial charge in [-0.1, -0.05) is 53.5 Å². The lowest BCUT2D eigenvalue weighted by Crippen LogP contribution is -2.70. The van der Waals surface area contributed by atoms with Crippen LogP contribution >= 0.6 is 0 Å². The Morgan fingerprint density at radius 3 is 1.91 bits per heavy atom. The highest BCUT2D eigenvalue weighted by molar-refractivity contribution is 6.41. The lowest BCUT2D eigenvalue weighted by molar-refractivity contribution is -0.178. The van der Waals surface area contributed by atoms with Crippen LogP contribution in [0.1, 0.15) is 106 Å². The molecular formula is C40H54O6. The van der Waals surface area contributed by atoms with Gasteiger partial charge in [0.25, 0.3) is 0 Å². The predicted molar refractivity (Wildman–Crippen MR) is 186 cm³/mol. The smallest absolute Gasteiger partial charge is 0.184 e. The molecule has 2 fully saturated rings. The summed E-state index contributed by atoms with van der Waals surface area (Å²) in [5.41, 5.74) is 0.397. The number of benzene rings is 1. The number of allylic oxidation sites excluding steroid dienone is 9. The van der Waals surface area contributed by atoms with Crippen molar-refractivity contribution in [2.45, 2.75) is 101 Å². The summed E-state index contributed by atoms with van der Waals surface area (Å²) in [6.45, 7) is 18.1. The topological polar surface area (TPSA) is 89.9 Å². The van der Waals surface area contributed by atoms with Gasteiger partial charge in [-0.05, 0) is 123 Å². The van der Waals surface area contributed by atoms with Gasteiger partial charge in [0, 0.05) is 5.56 Å². The van der Waals surface area contributed by atoms with Gasteiger partial charge in [0.05, 0.1) is 19.6 Å². The van der Waals surface area contributed by atoms with Crippen LogP contribution in [0.25, 0.3) is 5.76 Å². The van der Waals surface area contributed by atoms with Gasteiger partial charge in [-0.25, -0.2) is 0 Å². The molecule has 46 heavy (non-hydrogen) atoms. The first-order valence-electron chi connectivity index (χ1n) is 16.4. The second-order valence-electron chi connectivity index (χ2n) is 14.4. The van der Waals surface area contributed by atoms with Crippen LogP contribution in [0.5, 0.6) is 11.5 Å². The SMILES string of the molecule is COc1ccc(C(O)=C2C(=O)[C@]3(CC=C(C)C)C[C@H](CC=C(C)C)[C@@](C)(CCC=C(C)C)[C@](CC=C(C)C)(C2=O)C3=O)cc1OC. The van der Waals surface area contributed by atoms with Gasteiger partial charge in [0.2, 0.25) is 0 Å². The van der Waals surface area contributed by atoms with E-state index in [4.69, 9.17) is 9.47 Å². The molecule has 0 saturated heterocycles. The van der Waals surface area contributed by atoms with E-state index in [1.54, 1.807) is 18.2 Å². The first-order chi connectivity index (χ1) is 21.5. The van der Waals surface area contributed by atoms with Crippen molar-refractivity contribution in [3.8, 4) is 11.5 Å². The van der Waals surface area contributed by atoms with Crippen LogP contribution < -0.4 is 9.47 Å². The van der Waals surface area contributed by atoms with E-state index in [0.29, 0.717) is 37.2 Å². The van der Waals surface area contributed by atoms with Gasteiger partial charge in [-0.3, -0.25) is 14.4 Å². The number of aliphatic hydroxyl groups excluding tert-OH is 1. The van der Waals surface area contributed by atoms with Crippen LogP contribution in [0.3, 0.4) is 0 Å². The minimum Gasteiger partial charge on any atom is -0.506 e. The maximum Gasteiger partial charge on any atom is 0.184 e. The Morgan fingerprint density at radius 1 is 0.804 bits per heavy atom. The molecule has 6 heteroatoms. The van der Waals surface area contributed by atoms with Crippen molar-refractivity contribution >= 4 is 23.1 Å². The van der Waals surface area contributed by atoms with Crippen LogP contribution in [0.15, 0.2) is 70.4 Å². The van der Waals surface area contributed by atoms with E-state index in [2.05, 4.69) is 19.1 Å². The summed E-state index contributed by atoms with van der Waals surface area (Å²) in [5.74, 6) is -1.23. The molecule has 0 unspecified atom stereocenters. The molecule has 250 valence electrons. The zero-order valence-corrected chi connectivity index (χ0v) is 29.8. The molecule has 0 spiro atoms. The number of carbonyl (C=O) groups is 3. The van der Waals surface area contributed by atoms with Crippen molar-refractivity contribution in [2.24, 2.45) is 22.2 Å². The van der Waals surface area contributed by atoms with Gasteiger partial charge >= 0.3 is 0 Å². The monoisotopic (exact) mass is 630 g/mol. The van der Waals surface area contributed by atoms with Crippen molar-refractivity contribution in [3.05, 3.63) is 75.9 Å². The zero-order chi connectivity index (χ0) is 34.6. The molecule has 0 amide bonds. The maximum atomic E-state index is 15.3. The third kappa shape index (κ3) is 6.59. The Balaban J connectivity index is 2.51. The molecule has 0 heterocycles. The molecule has 4 atom stereocenters. The van der Waals surface area contributed by atoms with E-state index in [-0.39, 0.29) is 35.7 Å². The number of hydrogen-bond acceptors (Lipinski definition) is 6. The van der Waals surface area contributed by atoms with E-state index in [0.717, 1.165) is 16.7 Å². The van der Waals surface area contributed by atoms with Gasteiger partial charge in [0.15, 0.2) is 28.8 Å². The van der Waals surface area contributed by atoms with Crippen molar-refractivity contribution in [3.63, 3.8) is 0 Å². The fourth-order valence-corrected chi connectivity index (χ4v) is 7.43. The lowest BCUT2D eigenvalue weighted by atomic mass is 9.37. The second-order valence-corrected chi connectivity index (χ2v) is 14.4. The van der Waals surface area contributed by atoms with Gasteiger partial charge < -0.3 is 14.6 Å². The molecule has 0 aliphatic heterocycles. The number of ether oxygens (including phenoxy) is 2. The number of methoxy groups -OCH3 is 2. The third-order valence-corrected chi connectivity index (χ3v) is 10.2. The molecule has 3 rings (SSSR count). The highest BCUT2D eigenvalue weighted by atomic mass is 16.5. The number of fused-ring (bicyclic) bond motifs is 2. The van der Waals surface area contributed by atoms with Crippen molar-refractivity contribution < 1.29 is 29.0 Å². The Morgan fingerprint density at radius 2 is 1.37 bits per heavy atom. The Hall–Kier alpha value is -3.67.